The number of carbonyl (C=O) groups excluding carboxylic acids is 14. The number of hydrogen-bond acceptors (Lipinski definition) is 28. The molecule has 38 nitrogen and oxygen atoms in total. The van der Waals surface area contributed by atoms with Crippen molar-refractivity contribution in [3.63, 3.8) is 0 Å². The van der Waals surface area contributed by atoms with Gasteiger partial charge in [-0.25, -0.2) is 29.6 Å². The molecule has 1 unspecified atom stereocenters. The van der Waals surface area contributed by atoms with Crippen LogP contribution in [0.5, 0.6) is 23.0 Å². The summed E-state index contributed by atoms with van der Waals surface area (Å²) in [5.41, 5.74) is -5.60. The van der Waals surface area contributed by atoms with Crippen LogP contribution in [0.15, 0.2) is 58.7 Å². The van der Waals surface area contributed by atoms with Crippen LogP contribution in [0.1, 0.15) is 75.4 Å². The first-order valence-corrected chi connectivity index (χ1v) is 31.2. The molecule has 1 saturated heterocycles. The molecule has 3 aliphatic heterocycles. The average molecular weight is 1430 g/mol. The minimum Gasteiger partial charge on any atom is -0.505 e. The minimum atomic E-state index is -2.25. The molecule has 548 valence electrons. The van der Waals surface area contributed by atoms with Crippen LogP contribution in [0.2, 0.25) is 0 Å². The number of esters is 4. The van der Waals surface area contributed by atoms with Gasteiger partial charge in [0.2, 0.25) is 35.4 Å². The average Bonchev–Trinajstić information content (AvgIpc) is 0.825. The van der Waals surface area contributed by atoms with Crippen LogP contribution >= 0.6 is 0 Å². The number of methoxy groups -OCH3 is 2. The van der Waals surface area contributed by atoms with Gasteiger partial charge in [0.15, 0.2) is 35.6 Å². The number of pyridine rings is 2. The van der Waals surface area contributed by atoms with Crippen molar-refractivity contribution in [3.05, 3.63) is 59.9 Å². The number of cyclic esters (lactones) is 2. The number of aromatic nitrogens is 2. The van der Waals surface area contributed by atoms with Crippen molar-refractivity contribution >= 4 is 117 Å². The second kappa shape index (κ2) is 32.5. The SMILES string of the molecule is COc1ccc2nc(C(=O)N[C@@H]3COC(=O)[C@H](C(C)(C)O)N(C)C(=O)CN(C)C(=O)CNC(=O)[C@@H]4[C@@H](OC(C)=O)CC=NN4C(=O)[C@H](NC(=O)c4nc5ccc(OC)cc5cc4O)COC(=O)[C@H](C(C)(C)O)N(C)C(=O)CN(C)C(=O)CNC(=O)C4[C@@H](OC(C)=O)CC=NN4C3=O)c(O)cc2c1. The predicted molar refractivity (Wildman–Crippen MR) is 350 cm³/mol. The van der Waals surface area contributed by atoms with Gasteiger partial charge in [-0.1, -0.05) is 0 Å². The number of hydrogen-bond donors (Lipinski definition) is 8. The van der Waals surface area contributed by atoms with Gasteiger partial charge < -0.3 is 89.7 Å². The van der Waals surface area contributed by atoms with Gasteiger partial charge in [-0.3, -0.25) is 57.5 Å². The van der Waals surface area contributed by atoms with Gasteiger partial charge in [-0.2, -0.15) is 10.2 Å². The van der Waals surface area contributed by atoms with Gasteiger partial charge in [0, 0.05) is 78.1 Å². The lowest BCUT2D eigenvalue weighted by atomic mass is 9.97. The molecule has 4 aromatic rings. The van der Waals surface area contributed by atoms with E-state index in [1.165, 1.54) is 50.6 Å². The van der Waals surface area contributed by atoms with Gasteiger partial charge in [-0.05, 0) is 76.2 Å². The number of carbonyl (C=O) groups is 14. The molecule has 7 rings (SSSR count). The maximum atomic E-state index is 15.1. The molecule has 0 bridgehead atoms. The highest BCUT2D eigenvalue weighted by atomic mass is 16.6. The number of aliphatic hydroxyl groups is 2. The number of nitrogens with zero attached hydrogens (tertiary/aromatic N) is 10. The summed E-state index contributed by atoms with van der Waals surface area (Å²) in [5, 5.41) is 64.1. The third-order valence-electron chi connectivity index (χ3n) is 16.1. The molecule has 10 amide bonds. The Balaban J connectivity index is 1.27. The Kier molecular flexibility index (Phi) is 24.8. The monoisotopic (exact) mass is 1430 g/mol. The van der Waals surface area contributed by atoms with Gasteiger partial charge in [0.25, 0.3) is 23.6 Å². The zero-order valence-electron chi connectivity index (χ0n) is 57.5. The Morgan fingerprint density at radius 2 is 0.902 bits per heavy atom. The van der Waals surface area contributed by atoms with Crippen molar-refractivity contribution < 1.29 is 116 Å². The third-order valence-corrected chi connectivity index (χ3v) is 16.1. The highest BCUT2D eigenvalue weighted by Gasteiger charge is 2.48. The van der Waals surface area contributed by atoms with E-state index >= 15 is 9.59 Å². The fourth-order valence-electron chi connectivity index (χ4n) is 11.0. The van der Waals surface area contributed by atoms with E-state index in [0.717, 1.165) is 104 Å². The molecule has 0 saturated carbocycles. The first-order valence-electron chi connectivity index (χ1n) is 31.2. The summed E-state index contributed by atoms with van der Waals surface area (Å²) in [4.78, 5) is 209. The number of nitrogens with one attached hydrogen (secondary N) is 4. The van der Waals surface area contributed by atoms with Crippen LogP contribution in [0.25, 0.3) is 21.8 Å². The highest BCUT2D eigenvalue weighted by molar-refractivity contribution is 6.04. The number of amides is 10. The molecule has 1 fully saturated rings. The summed E-state index contributed by atoms with van der Waals surface area (Å²) in [7, 11) is 7.00. The van der Waals surface area contributed by atoms with Crippen molar-refractivity contribution in [2.24, 2.45) is 10.2 Å². The summed E-state index contributed by atoms with van der Waals surface area (Å²) in [5.74, 6) is -17.8. The number of ether oxygens (including phenoxy) is 6. The topological polar surface area (TPSA) is 493 Å². The molecule has 2 aromatic heterocycles. The van der Waals surface area contributed by atoms with E-state index in [1.807, 2.05) is 0 Å². The van der Waals surface area contributed by atoms with Crippen molar-refractivity contribution in [1.29, 1.82) is 0 Å². The molecule has 2 aromatic carbocycles. The Labute approximate surface area is 581 Å². The first-order chi connectivity index (χ1) is 47.8. The third kappa shape index (κ3) is 18.6. The summed E-state index contributed by atoms with van der Waals surface area (Å²) in [6.45, 7) is 0.0139. The van der Waals surface area contributed by atoms with E-state index in [9.17, 15) is 78.0 Å². The molecule has 38 heteroatoms. The number of benzene rings is 2. The summed E-state index contributed by atoms with van der Waals surface area (Å²) >= 11 is 0. The maximum Gasteiger partial charge on any atom is 0.331 e. The van der Waals surface area contributed by atoms with Crippen LogP contribution in [0.4, 0.5) is 0 Å². The van der Waals surface area contributed by atoms with E-state index < -0.39 is 205 Å². The van der Waals surface area contributed by atoms with Gasteiger partial charge >= 0.3 is 23.9 Å². The van der Waals surface area contributed by atoms with Crippen molar-refractivity contribution in [3.8, 4) is 23.0 Å². The van der Waals surface area contributed by atoms with Gasteiger partial charge in [0.05, 0.1) is 62.6 Å². The Bertz CT molecular complexity index is 3800. The lowest BCUT2D eigenvalue weighted by Gasteiger charge is -2.37. The largest absolute Gasteiger partial charge is 0.505 e. The molecule has 8 atom stereocenters. The minimum absolute atomic E-state index is 0.137. The van der Waals surface area contributed by atoms with Crippen molar-refractivity contribution in [2.75, 3.05) is 81.8 Å². The number of rotatable bonds is 10. The van der Waals surface area contributed by atoms with E-state index in [4.69, 9.17) is 28.4 Å². The zero-order chi connectivity index (χ0) is 75.6. The molecular weight excluding hydrogens is 1350 g/mol. The summed E-state index contributed by atoms with van der Waals surface area (Å²) < 4.78 is 32.6. The quantitative estimate of drug-likeness (QED) is 0.0566. The highest BCUT2D eigenvalue weighted by Crippen LogP contribution is 2.30. The summed E-state index contributed by atoms with van der Waals surface area (Å²) in [6, 6.07) is -1.30. The number of hydrazone groups is 2. The van der Waals surface area contributed by atoms with Crippen molar-refractivity contribution in [1.82, 2.24) is 60.9 Å². The Morgan fingerprint density at radius 3 is 1.23 bits per heavy atom. The van der Waals surface area contributed by atoms with Crippen LogP contribution in [-0.4, -0.2) is 297 Å². The molecule has 0 aliphatic carbocycles. The zero-order valence-corrected chi connectivity index (χ0v) is 57.5. The second-order valence-corrected chi connectivity index (χ2v) is 24.8. The van der Waals surface area contributed by atoms with Gasteiger partial charge in [0.1, 0.15) is 60.5 Å². The molecular formula is C64H78N14O24. The Hall–Kier alpha value is -11.7. The lowest BCUT2D eigenvalue weighted by Crippen LogP contribution is -2.62. The number of fused-ring (bicyclic) bond motifs is 4. The first kappa shape index (κ1) is 77.6. The van der Waals surface area contributed by atoms with Gasteiger partial charge in [-0.15, -0.1) is 0 Å². The second-order valence-electron chi connectivity index (χ2n) is 24.8. The molecule has 0 radical (unpaired) electrons. The molecule has 102 heavy (non-hydrogen) atoms. The molecule has 3 aliphatic rings. The van der Waals surface area contributed by atoms with E-state index in [2.05, 4.69) is 41.4 Å². The fraction of sp³-hybridized carbons (Fsp3) is 0.469. The lowest BCUT2D eigenvalue weighted by molar-refractivity contribution is -0.167. The smallest absolute Gasteiger partial charge is 0.331 e. The van der Waals surface area contributed by atoms with Crippen LogP contribution in [0, 0.1) is 0 Å². The standard InChI is InChI=1S/C64H78N14O24/c1-31(79)101-43-17-19-67-77-51(43)57(89)65-25-45(83)73(7)27-47(85)75(9)54(64(5,6)96)62(94)100-30-40(72-56(88)50-42(82)24-34-22-36(98-12)14-16-38(34)70-50)60(92)78-52(44(18-20-68-78)102-32(2)80)58(90)66-26-46(84)74(8)28-48(86)76(10)53(63(3,4)95)61(93)99-29-39(59(77)91)71-55(87)49-41(81)23-33-21-35(97-11)13-15-37(33)69-49/h13-16,19-24,39-40,43-44,51-54,81-82,95-96H,17-18,25-30H2,1-12H3,(H,65,89)(H,66,90)(H,71,87)(H,72,88)/t39-,40-,43+,44+,51+,52?,53-,54-/m1/s1. The molecule has 8 N–H and O–H groups in total. The van der Waals surface area contributed by atoms with E-state index in [0.29, 0.717) is 42.1 Å². The normalized spacial score (nSPS) is 22.6. The maximum absolute atomic E-state index is 15.1. The van der Waals surface area contributed by atoms with Crippen LogP contribution in [0.3, 0.4) is 0 Å². The Morgan fingerprint density at radius 1 is 0.549 bits per heavy atom. The van der Waals surface area contributed by atoms with Crippen LogP contribution < -0.4 is 30.7 Å². The fourth-order valence-corrected chi connectivity index (χ4v) is 11.0. The molecule has 0 spiro atoms. The van der Waals surface area contributed by atoms with E-state index in [1.54, 1.807) is 0 Å². The molecule has 5 heterocycles. The van der Waals surface area contributed by atoms with E-state index in [-0.39, 0.29) is 23.9 Å². The predicted octanol–water partition coefficient (Wildman–Crippen LogP) is -3.41. The number of likely N-dealkylation sites (N-methyl/N-ethyl adjacent to an activating group) is 4. The number of aromatic hydroxyl groups is 2. The van der Waals surface area contributed by atoms with Crippen molar-refractivity contribution in [2.45, 2.75) is 114 Å². The van der Waals surface area contributed by atoms with Crippen LogP contribution in [-0.2, 0) is 76.5 Å². The summed E-state index contributed by atoms with van der Waals surface area (Å²) in [6.07, 6.45) is -1.81.